The molecule has 0 atom stereocenters. The zero-order valence-corrected chi connectivity index (χ0v) is 29.4. The van der Waals surface area contributed by atoms with E-state index in [0.717, 1.165) is 28.2 Å². The van der Waals surface area contributed by atoms with E-state index in [0.29, 0.717) is 0 Å². The highest BCUT2D eigenvalue weighted by Crippen LogP contribution is 2.62. The predicted octanol–water partition coefficient (Wildman–Crippen LogP) is 13.0. The van der Waals surface area contributed by atoms with Gasteiger partial charge in [-0.05, 0) is 79.5 Å². The van der Waals surface area contributed by atoms with Gasteiger partial charge in [-0.25, -0.2) is 4.98 Å². The molecule has 2 nitrogen and oxygen atoms in total. The quantitative estimate of drug-likeness (QED) is 0.181. The summed E-state index contributed by atoms with van der Waals surface area (Å²) in [4.78, 5) is 5.24. The van der Waals surface area contributed by atoms with E-state index in [1.807, 2.05) is 0 Å². The fraction of sp³-hybridized carbons (Fsp3) is 0.0192. The first-order valence-electron chi connectivity index (χ1n) is 18.7. The van der Waals surface area contributed by atoms with Crippen molar-refractivity contribution in [2.75, 3.05) is 0 Å². The van der Waals surface area contributed by atoms with E-state index in [4.69, 9.17) is 4.98 Å². The number of aromatic nitrogens is 2. The van der Waals surface area contributed by atoms with Crippen molar-refractivity contribution in [1.29, 1.82) is 0 Å². The molecular weight excluding hydrogens is 653 g/mol. The Hall–Kier alpha value is -7.03. The van der Waals surface area contributed by atoms with Crippen LogP contribution in [-0.2, 0) is 5.41 Å². The predicted molar refractivity (Wildman–Crippen MR) is 223 cm³/mol. The smallest absolute Gasteiger partial charge is 0.0730 e. The minimum Gasteiger partial charge on any atom is -0.309 e. The molecule has 250 valence electrons. The van der Waals surface area contributed by atoms with Crippen LogP contribution in [0.4, 0.5) is 0 Å². The van der Waals surface area contributed by atoms with Crippen LogP contribution in [0.15, 0.2) is 194 Å². The van der Waals surface area contributed by atoms with Crippen LogP contribution in [0.3, 0.4) is 0 Å². The Morgan fingerprint density at radius 3 is 1.44 bits per heavy atom. The third-order valence-electron chi connectivity index (χ3n) is 12.0. The summed E-state index contributed by atoms with van der Waals surface area (Å²) >= 11 is 0. The average Bonchev–Trinajstić information content (AvgIpc) is 3.74. The lowest BCUT2D eigenvalue weighted by atomic mass is 9.61. The minimum absolute atomic E-state index is 0.428. The molecule has 1 spiro atoms. The number of rotatable bonds is 3. The molecule has 10 aromatic rings. The van der Waals surface area contributed by atoms with Crippen LogP contribution in [0.5, 0.6) is 0 Å². The summed E-state index contributed by atoms with van der Waals surface area (Å²) in [5, 5.41) is 5.14. The van der Waals surface area contributed by atoms with Gasteiger partial charge < -0.3 is 4.57 Å². The number of hydrogen-bond acceptors (Lipinski definition) is 1. The molecule has 8 aromatic carbocycles. The molecule has 0 unspecified atom stereocenters. The standard InChI is InChI=1S/C52H32N2/c1-3-16-33(17-4-1)46-30-35(31-47(53-46)34-18-5-2-6-19-34)54-48-29-14-10-23-39(48)51-40-24-15-28-45-50(40)41(32-49(51)54)38-22-9-13-27-44(38)52(45)42-25-11-7-20-36(42)37-21-8-12-26-43(37)52/h1-32H. The van der Waals surface area contributed by atoms with Crippen LogP contribution in [0.1, 0.15) is 22.3 Å². The molecule has 2 heteroatoms. The first kappa shape index (κ1) is 29.5. The normalized spacial score (nSPS) is 13.3. The van der Waals surface area contributed by atoms with Gasteiger partial charge in [-0.2, -0.15) is 0 Å². The van der Waals surface area contributed by atoms with Crippen LogP contribution in [-0.4, -0.2) is 9.55 Å². The van der Waals surface area contributed by atoms with Crippen LogP contribution in [0, 0.1) is 0 Å². The monoisotopic (exact) mass is 684 g/mol. The van der Waals surface area contributed by atoms with E-state index in [-0.39, 0.29) is 0 Å². The molecular formula is C52H32N2. The largest absolute Gasteiger partial charge is 0.309 e. The second-order valence-corrected chi connectivity index (χ2v) is 14.6. The summed E-state index contributed by atoms with van der Waals surface area (Å²) < 4.78 is 2.47. The van der Waals surface area contributed by atoms with E-state index in [9.17, 15) is 0 Å². The number of pyridine rings is 1. The minimum atomic E-state index is -0.428. The van der Waals surface area contributed by atoms with E-state index >= 15 is 0 Å². The highest BCUT2D eigenvalue weighted by molar-refractivity contribution is 6.26. The molecule has 2 heterocycles. The Balaban J connectivity index is 1.24. The fourth-order valence-electron chi connectivity index (χ4n) is 9.91. The Labute approximate surface area is 313 Å². The molecule has 0 saturated heterocycles. The van der Waals surface area contributed by atoms with Crippen LogP contribution in [0.25, 0.3) is 83.0 Å². The second kappa shape index (κ2) is 11.0. The molecule has 54 heavy (non-hydrogen) atoms. The van der Waals surface area contributed by atoms with E-state index in [1.165, 1.54) is 77.1 Å². The van der Waals surface area contributed by atoms with Crippen molar-refractivity contribution in [1.82, 2.24) is 9.55 Å². The van der Waals surface area contributed by atoms with Crippen molar-refractivity contribution in [3.63, 3.8) is 0 Å². The lowest BCUT2D eigenvalue weighted by Crippen LogP contribution is -2.31. The second-order valence-electron chi connectivity index (χ2n) is 14.6. The molecule has 0 N–H and O–H groups in total. The lowest BCUT2D eigenvalue weighted by molar-refractivity contribution is 0.773. The summed E-state index contributed by atoms with van der Waals surface area (Å²) in [6.45, 7) is 0. The van der Waals surface area contributed by atoms with Gasteiger partial charge in [0, 0.05) is 21.9 Å². The number of nitrogens with zero attached hydrogens (tertiary/aromatic N) is 2. The topological polar surface area (TPSA) is 17.8 Å². The third-order valence-corrected chi connectivity index (χ3v) is 12.0. The zero-order valence-electron chi connectivity index (χ0n) is 29.4. The van der Waals surface area contributed by atoms with Crippen LogP contribution >= 0.6 is 0 Å². The van der Waals surface area contributed by atoms with Crippen molar-refractivity contribution >= 4 is 32.6 Å². The van der Waals surface area contributed by atoms with Gasteiger partial charge in [0.25, 0.3) is 0 Å². The Bertz CT molecular complexity index is 3050. The highest BCUT2D eigenvalue weighted by atomic mass is 15.0. The summed E-state index contributed by atoms with van der Waals surface area (Å²) in [7, 11) is 0. The number of hydrogen-bond donors (Lipinski definition) is 0. The van der Waals surface area contributed by atoms with Gasteiger partial charge in [0.15, 0.2) is 0 Å². The molecule has 0 aliphatic heterocycles. The summed E-state index contributed by atoms with van der Waals surface area (Å²) in [5.41, 5.74) is 17.8. The molecule has 12 rings (SSSR count). The van der Waals surface area contributed by atoms with Gasteiger partial charge in [0.1, 0.15) is 0 Å². The van der Waals surface area contributed by atoms with Gasteiger partial charge in [-0.1, -0.05) is 170 Å². The van der Waals surface area contributed by atoms with Gasteiger partial charge in [-0.15, -0.1) is 0 Å². The average molecular weight is 685 g/mol. The van der Waals surface area contributed by atoms with Crippen molar-refractivity contribution in [2.24, 2.45) is 0 Å². The number of fused-ring (bicyclic) bond motifs is 13. The van der Waals surface area contributed by atoms with Crippen molar-refractivity contribution in [3.05, 3.63) is 216 Å². The van der Waals surface area contributed by atoms with Gasteiger partial charge >= 0.3 is 0 Å². The van der Waals surface area contributed by atoms with Crippen molar-refractivity contribution < 1.29 is 0 Å². The summed E-state index contributed by atoms with van der Waals surface area (Å²) in [6, 6.07) is 71.3. The van der Waals surface area contributed by atoms with Gasteiger partial charge in [0.2, 0.25) is 0 Å². The van der Waals surface area contributed by atoms with Crippen molar-refractivity contribution in [2.45, 2.75) is 5.41 Å². The zero-order chi connectivity index (χ0) is 35.4. The third kappa shape index (κ3) is 3.81. The molecule has 0 bridgehead atoms. The fourth-order valence-corrected chi connectivity index (χ4v) is 9.91. The summed E-state index contributed by atoms with van der Waals surface area (Å²) in [5.74, 6) is 0. The van der Waals surface area contributed by atoms with E-state index in [1.54, 1.807) is 0 Å². The maximum absolute atomic E-state index is 5.24. The maximum atomic E-state index is 5.24. The van der Waals surface area contributed by atoms with Gasteiger partial charge in [-0.3, -0.25) is 0 Å². The molecule has 2 aromatic heterocycles. The highest BCUT2D eigenvalue weighted by Gasteiger charge is 2.50. The molecule has 2 aliphatic rings. The molecule has 0 fully saturated rings. The number of benzene rings is 8. The van der Waals surface area contributed by atoms with Crippen molar-refractivity contribution in [3.8, 4) is 50.5 Å². The van der Waals surface area contributed by atoms with E-state index in [2.05, 4.69) is 199 Å². The van der Waals surface area contributed by atoms with Crippen LogP contribution < -0.4 is 0 Å². The van der Waals surface area contributed by atoms with Gasteiger partial charge in [0.05, 0.1) is 33.5 Å². The Kier molecular flexibility index (Phi) is 6.01. The first-order chi connectivity index (χ1) is 26.8. The first-order valence-corrected chi connectivity index (χ1v) is 18.7. The van der Waals surface area contributed by atoms with Crippen LogP contribution in [0.2, 0.25) is 0 Å². The summed E-state index contributed by atoms with van der Waals surface area (Å²) in [6.07, 6.45) is 0. The lowest BCUT2D eigenvalue weighted by Gasteiger charge is -2.40. The maximum Gasteiger partial charge on any atom is 0.0730 e. The molecule has 0 saturated carbocycles. The number of para-hydroxylation sites is 1. The molecule has 2 aliphatic carbocycles. The Morgan fingerprint density at radius 1 is 0.352 bits per heavy atom. The molecule has 0 amide bonds. The Morgan fingerprint density at radius 2 is 0.833 bits per heavy atom. The SMILES string of the molecule is c1ccc(-c2cc(-n3c4ccccc4c4c5cccc6c5c(cc43)-c3ccccc3C63c4ccccc4-c4ccccc43)cc(-c3ccccc3)n2)cc1. The van der Waals surface area contributed by atoms with E-state index < -0.39 is 5.41 Å². The molecule has 0 radical (unpaired) electrons.